The minimum Gasteiger partial charge on any atom is -0.231 e. The van der Waals surface area contributed by atoms with E-state index in [1.807, 2.05) is 6.92 Å². The number of aryl methyl sites for hydroxylation is 1. The lowest BCUT2D eigenvalue weighted by Gasteiger charge is -2.05. The Hall–Kier alpha value is -2.87. The van der Waals surface area contributed by atoms with Gasteiger partial charge >= 0.3 is 0 Å². The van der Waals surface area contributed by atoms with Crippen LogP contribution in [-0.4, -0.2) is 34.3 Å². The highest BCUT2D eigenvalue weighted by atomic mass is 35.5. The fraction of sp³-hybridized carbons (Fsp3) is 0.0714. The minimum absolute atomic E-state index is 0.262. The Kier molecular flexibility index (Phi) is 3.05. The monoisotopic (exact) mass is 329 g/mol. The molecule has 0 fully saturated rings. The van der Waals surface area contributed by atoms with E-state index in [4.69, 9.17) is 11.6 Å². The predicted octanol–water partition coefficient (Wildman–Crippen LogP) is 2.47. The summed E-state index contributed by atoms with van der Waals surface area (Å²) in [5.74, 6) is 0.749. The minimum atomic E-state index is -0.410. The van der Waals surface area contributed by atoms with Gasteiger partial charge in [-0.3, -0.25) is 0 Å². The molecule has 4 rings (SSSR count). The van der Waals surface area contributed by atoms with Crippen molar-refractivity contribution in [2.24, 2.45) is 0 Å². The highest BCUT2D eigenvalue weighted by molar-refractivity contribution is 6.33. The third kappa shape index (κ3) is 2.15. The molecule has 1 aromatic carbocycles. The van der Waals surface area contributed by atoms with Gasteiger partial charge in [-0.2, -0.15) is 10.2 Å². The molecule has 0 atom stereocenters. The molecule has 0 amide bonds. The van der Waals surface area contributed by atoms with E-state index in [0.717, 1.165) is 0 Å². The Labute approximate surface area is 134 Å². The van der Waals surface area contributed by atoms with Crippen LogP contribution < -0.4 is 0 Å². The molecule has 3 heterocycles. The molecule has 3 aromatic heterocycles. The van der Waals surface area contributed by atoms with E-state index in [-0.39, 0.29) is 5.02 Å². The largest absolute Gasteiger partial charge is 0.231 e. The fourth-order valence-electron chi connectivity index (χ4n) is 2.41. The van der Waals surface area contributed by atoms with Crippen molar-refractivity contribution in [1.29, 1.82) is 0 Å². The summed E-state index contributed by atoms with van der Waals surface area (Å²) in [6.07, 6.45) is 4.35. The molecular formula is C14H9ClFN7. The van der Waals surface area contributed by atoms with Crippen molar-refractivity contribution >= 4 is 17.1 Å². The SMILES string of the molecule is Cc1nc(-c2ccc(F)cc2Cl)c2c(-n3cncn3)ncnn12. The third-order valence-electron chi connectivity index (χ3n) is 3.40. The van der Waals surface area contributed by atoms with E-state index in [2.05, 4.69) is 25.1 Å². The average Bonchev–Trinajstić information content (AvgIpc) is 3.16. The van der Waals surface area contributed by atoms with E-state index in [1.165, 1.54) is 35.8 Å². The molecule has 0 unspecified atom stereocenters. The van der Waals surface area contributed by atoms with Gasteiger partial charge in [0.2, 0.25) is 0 Å². The molecule has 0 saturated carbocycles. The molecule has 0 saturated heterocycles. The molecule has 114 valence electrons. The van der Waals surface area contributed by atoms with Crippen LogP contribution in [0.5, 0.6) is 0 Å². The van der Waals surface area contributed by atoms with Crippen molar-refractivity contribution in [1.82, 2.24) is 34.3 Å². The first kappa shape index (κ1) is 13.8. The van der Waals surface area contributed by atoms with Crippen LogP contribution in [0.3, 0.4) is 0 Å². The first-order valence-electron chi connectivity index (χ1n) is 6.66. The van der Waals surface area contributed by atoms with E-state index in [0.29, 0.717) is 28.4 Å². The average molecular weight is 330 g/mol. The van der Waals surface area contributed by atoms with Crippen LogP contribution in [0, 0.1) is 12.7 Å². The van der Waals surface area contributed by atoms with Crippen molar-refractivity contribution in [3.63, 3.8) is 0 Å². The Morgan fingerprint density at radius 1 is 1.17 bits per heavy atom. The fourth-order valence-corrected chi connectivity index (χ4v) is 2.67. The van der Waals surface area contributed by atoms with Gasteiger partial charge in [0.15, 0.2) is 5.82 Å². The van der Waals surface area contributed by atoms with Crippen molar-refractivity contribution in [2.45, 2.75) is 6.92 Å². The van der Waals surface area contributed by atoms with Crippen LogP contribution in [0.4, 0.5) is 4.39 Å². The second-order valence-corrected chi connectivity index (χ2v) is 5.22. The van der Waals surface area contributed by atoms with Gasteiger partial charge < -0.3 is 0 Å². The topological polar surface area (TPSA) is 73.8 Å². The second kappa shape index (κ2) is 5.10. The molecule has 0 aliphatic heterocycles. The predicted molar refractivity (Wildman–Crippen MR) is 80.8 cm³/mol. The summed E-state index contributed by atoms with van der Waals surface area (Å²) in [4.78, 5) is 12.7. The molecule has 0 bridgehead atoms. The standard InChI is InChI=1S/C14H9ClFN7/c1-8-21-12(10-3-2-9(16)4-11(10)15)13-14(18-6-20-23(8)13)22-7-17-5-19-22/h2-7H,1H3. The maximum Gasteiger partial charge on any atom is 0.185 e. The quantitative estimate of drug-likeness (QED) is 0.565. The number of hydrogen-bond acceptors (Lipinski definition) is 5. The number of hydrogen-bond donors (Lipinski definition) is 0. The maximum absolute atomic E-state index is 13.3. The van der Waals surface area contributed by atoms with E-state index < -0.39 is 5.82 Å². The molecule has 23 heavy (non-hydrogen) atoms. The van der Waals surface area contributed by atoms with Gasteiger partial charge in [0.1, 0.15) is 41.8 Å². The van der Waals surface area contributed by atoms with Gasteiger partial charge in [0, 0.05) is 5.56 Å². The Morgan fingerprint density at radius 3 is 2.78 bits per heavy atom. The van der Waals surface area contributed by atoms with E-state index >= 15 is 0 Å². The van der Waals surface area contributed by atoms with Crippen LogP contribution in [0.15, 0.2) is 37.2 Å². The summed E-state index contributed by atoms with van der Waals surface area (Å²) >= 11 is 6.19. The van der Waals surface area contributed by atoms with Crippen LogP contribution in [0.1, 0.15) is 5.82 Å². The van der Waals surface area contributed by atoms with E-state index in [9.17, 15) is 4.39 Å². The third-order valence-corrected chi connectivity index (χ3v) is 3.71. The van der Waals surface area contributed by atoms with E-state index in [1.54, 1.807) is 10.6 Å². The number of fused-ring (bicyclic) bond motifs is 1. The number of nitrogens with zero attached hydrogens (tertiary/aromatic N) is 7. The Morgan fingerprint density at radius 2 is 2.04 bits per heavy atom. The summed E-state index contributed by atoms with van der Waals surface area (Å²) in [6, 6.07) is 4.16. The molecule has 0 aliphatic rings. The Bertz CT molecular complexity index is 1010. The Balaban J connectivity index is 2.08. The van der Waals surface area contributed by atoms with Gasteiger partial charge in [0.05, 0.1) is 5.02 Å². The summed E-state index contributed by atoms with van der Waals surface area (Å²) in [5, 5.41) is 8.57. The lowest BCUT2D eigenvalue weighted by atomic mass is 10.1. The van der Waals surface area contributed by atoms with Crippen molar-refractivity contribution in [3.8, 4) is 17.1 Å². The molecular weight excluding hydrogens is 321 g/mol. The number of rotatable bonds is 2. The zero-order valence-electron chi connectivity index (χ0n) is 11.9. The number of imidazole rings is 1. The van der Waals surface area contributed by atoms with Crippen LogP contribution in [0.25, 0.3) is 22.6 Å². The molecule has 9 heteroatoms. The number of aromatic nitrogens is 7. The first-order chi connectivity index (χ1) is 11.1. The van der Waals surface area contributed by atoms with Crippen molar-refractivity contribution in [2.75, 3.05) is 0 Å². The summed E-state index contributed by atoms with van der Waals surface area (Å²) in [5.41, 5.74) is 1.76. The van der Waals surface area contributed by atoms with Crippen LogP contribution >= 0.6 is 11.6 Å². The highest BCUT2D eigenvalue weighted by Gasteiger charge is 2.19. The smallest absolute Gasteiger partial charge is 0.185 e. The first-order valence-corrected chi connectivity index (χ1v) is 7.03. The van der Waals surface area contributed by atoms with Crippen LogP contribution in [0.2, 0.25) is 5.02 Å². The molecule has 7 nitrogen and oxygen atoms in total. The lowest BCUT2D eigenvalue weighted by Crippen LogP contribution is -2.04. The molecule has 4 aromatic rings. The lowest BCUT2D eigenvalue weighted by molar-refractivity contribution is 0.628. The number of benzene rings is 1. The van der Waals surface area contributed by atoms with Gasteiger partial charge in [-0.15, -0.1) is 0 Å². The zero-order chi connectivity index (χ0) is 16.0. The van der Waals surface area contributed by atoms with Crippen LogP contribution in [-0.2, 0) is 0 Å². The molecule has 0 N–H and O–H groups in total. The normalized spacial score (nSPS) is 11.3. The number of halogens is 2. The molecule has 0 aliphatic carbocycles. The van der Waals surface area contributed by atoms with Gasteiger partial charge in [-0.1, -0.05) is 11.6 Å². The van der Waals surface area contributed by atoms with Gasteiger partial charge in [-0.05, 0) is 25.1 Å². The summed E-state index contributed by atoms with van der Waals surface area (Å²) in [7, 11) is 0. The zero-order valence-corrected chi connectivity index (χ0v) is 12.6. The second-order valence-electron chi connectivity index (χ2n) is 4.82. The summed E-state index contributed by atoms with van der Waals surface area (Å²) in [6.45, 7) is 1.81. The summed E-state index contributed by atoms with van der Waals surface area (Å²) < 4.78 is 16.5. The van der Waals surface area contributed by atoms with Crippen molar-refractivity contribution < 1.29 is 4.39 Å². The van der Waals surface area contributed by atoms with Gasteiger partial charge in [-0.25, -0.2) is 28.5 Å². The maximum atomic E-state index is 13.3. The van der Waals surface area contributed by atoms with Gasteiger partial charge in [0.25, 0.3) is 0 Å². The molecule has 0 radical (unpaired) electrons. The van der Waals surface area contributed by atoms with Crippen molar-refractivity contribution in [3.05, 3.63) is 53.8 Å². The molecule has 0 spiro atoms. The highest BCUT2D eigenvalue weighted by Crippen LogP contribution is 2.32.